The first-order valence-corrected chi connectivity index (χ1v) is 10.8. The zero-order valence-electron chi connectivity index (χ0n) is 15.3. The topological polar surface area (TPSA) is 72.3 Å². The van der Waals surface area contributed by atoms with Gasteiger partial charge in [0, 0.05) is 44.9 Å². The zero-order valence-corrected chi connectivity index (χ0v) is 16.1. The van der Waals surface area contributed by atoms with E-state index in [1.54, 1.807) is 28.9 Å². The molecule has 1 aliphatic rings. The third-order valence-electron chi connectivity index (χ3n) is 4.95. The quantitative estimate of drug-likeness (QED) is 0.803. The molecule has 1 amide bonds. The maximum Gasteiger partial charge on any atom is 0.222 e. The lowest BCUT2D eigenvalue weighted by atomic mass is 9.92. The highest BCUT2D eigenvalue weighted by Crippen LogP contribution is 2.27. The molecule has 0 spiro atoms. The summed E-state index contributed by atoms with van der Waals surface area (Å²) in [7, 11) is -1.27. The van der Waals surface area contributed by atoms with Crippen molar-refractivity contribution in [3.63, 3.8) is 0 Å². The second-order valence-corrected chi connectivity index (χ2v) is 9.06. The first kappa shape index (κ1) is 18.6. The van der Waals surface area contributed by atoms with Crippen molar-refractivity contribution in [2.75, 3.05) is 19.3 Å². The van der Waals surface area contributed by atoms with E-state index in [2.05, 4.69) is 5.10 Å². The predicted octanol–water partition coefficient (Wildman–Crippen LogP) is 2.16. The number of carbonyl (C=O) groups is 1. The van der Waals surface area contributed by atoms with Crippen LogP contribution in [0, 0.1) is 0 Å². The summed E-state index contributed by atoms with van der Waals surface area (Å²) in [6, 6.07) is 6.79. The maximum atomic E-state index is 12.6. The molecule has 1 aromatic heterocycles. The van der Waals surface area contributed by atoms with Gasteiger partial charge in [0.25, 0.3) is 0 Å². The summed E-state index contributed by atoms with van der Waals surface area (Å²) < 4.78 is 24.8. The summed E-state index contributed by atoms with van der Waals surface area (Å²) in [4.78, 5) is 14.8. The van der Waals surface area contributed by atoms with E-state index < -0.39 is 9.84 Å². The Morgan fingerprint density at radius 1 is 1.27 bits per heavy atom. The molecule has 26 heavy (non-hydrogen) atoms. The third kappa shape index (κ3) is 4.52. The van der Waals surface area contributed by atoms with Crippen molar-refractivity contribution < 1.29 is 13.2 Å². The van der Waals surface area contributed by atoms with Crippen molar-refractivity contribution in [2.45, 2.75) is 36.5 Å². The number of amides is 1. The molecule has 0 saturated carbocycles. The predicted molar refractivity (Wildman–Crippen MR) is 99.6 cm³/mol. The molecule has 1 atom stereocenters. The van der Waals surface area contributed by atoms with Gasteiger partial charge in [0.15, 0.2) is 9.84 Å². The molecule has 2 aromatic rings. The molecule has 2 heterocycles. The Morgan fingerprint density at radius 2 is 2.00 bits per heavy atom. The molecule has 0 aliphatic carbocycles. The van der Waals surface area contributed by atoms with Crippen LogP contribution < -0.4 is 0 Å². The fourth-order valence-corrected chi connectivity index (χ4v) is 4.07. The molecule has 6 nitrogen and oxygen atoms in total. The van der Waals surface area contributed by atoms with Crippen LogP contribution in [0.25, 0.3) is 0 Å². The largest absolute Gasteiger partial charge is 0.342 e. The highest BCUT2D eigenvalue weighted by atomic mass is 32.2. The van der Waals surface area contributed by atoms with Crippen LogP contribution in [0.4, 0.5) is 0 Å². The summed E-state index contributed by atoms with van der Waals surface area (Å²) in [6.45, 7) is 1.56. The molecule has 1 aromatic carbocycles. The van der Waals surface area contributed by atoms with Crippen molar-refractivity contribution in [1.29, 1.82) is 0 Å². The second kappa shape index (κ2) is 7.61. The van der Waals surface area contributed by atoms with Crippen molar-refractivity contribution in [2.24, 2.45) is 7.05 Å². The Hall–Kier alpha value is -2.15. The minimum Gasteiger partial charge on any atom is -0.342 e. The molecule has 1 aliphatic heterocycles. The Kier molecular flexibility index (Phi) is 5.46. The molecule has 1 unspecified atom stereocenters. The Balaban J connectivity index is 1.56. The minimum atomic E-state index is -3.18. The van der Waals surface area contributed by atoms with Crippen LogP contribution in [-0.2, 0) is 28.1 Å². The number of aromatic nitrogens is 2. The Morgan fingerprint density at radius 3 is 2.62 bits per heavy atom. The summed E-state index contributed by atoms with van der Waals surface area (Å²) in [5, 5.41) is 4.23. The summed E-state index contributed by atoms with van der Waals surface area (Å²) in [5.41, 5.74) is 2.17. The van der Waals surface area contributed by atoms with Gasteiger partial charge >= 0.3 is 0 Å². The minimum absolute atomic E-state index is 0.158. The van der Waals surface area contributed by atoms with E-state index in [1.165, 1.54) is 11.8 Å². The van der Waals surface area contributed by atoms with Crippen molar-refractivity contribution in [3.05, 3.63) is 47.8 Å². The standard InChI is InChI=1S/C19H25N3O3S/c1-21-13-17(12-20-21)16-4-3-11-22(14-16)19(23)10-7-15-5-8-18(9-6-15)26(2,24)25/h5-6,8-9,12-13,16H,3-4,7,10-11,14H2,1-2H3. The fraction of sp³-hybridized carbons (Fsp3) is 0.474. The smallest absolute Gasteiger partial charge is 0.222 e. The van der Waals surface area contributed by atoms with Gasteiger partial charge in [0.1, 0.15) is 0 Å². The van der Waals surface area contributed by atoms with Crippen LogP contribution in [0.5, 0.6) is 0 Å². The second-order valence-electron chi connectivity index (χ2n) is 7.04. The van der Waals surface area contributed by atoms with E-state index in [1.807, 2.05) is 24.3 Å². The van der Waals surface area contributed by atoms with Crippen LogP contribution in [-0.4, -0.2) is 48.4 Å². The van der Waals surface area contributed by atoms with Crippen molar-refractivity contribution in [3.8, 4) is 0 Å². The number of sulfone groups is 1. The first-order valence-electron chi connectivity index (χ1n) is 8.88. The van der Waals surface area contributed by atoms with E-state index in [9.17, 15) is 13.2 Å². The maximum absolute atomic E-state index is 12.6. The van der Waals surface area contributed by atoms with Crippen molar-refractivity contribution >= 4 is 15.7 Å². The van der Waals surface area contributed by atoms with Gasteiger partial charge in [-0.25, -0.2) is 8.42 Å². The molecule has 1 fully saturated rings. The van der Waals surface area contributed by atoms with E-state index >= 15 is 0 Å². The fourth-order valence-electron chi connectivity index (χ4n) is 3.44. The summed E-state index contributed by atoms with van der Waals surface area (Å²) >= 11 is 0. The zero-order chi connectivity index (χ0) is 18.7. The number of likely N-dealkylation sites (tertiary alicyclic amines) is 1. The lowest BCUT2D eigenvalue weighted by molar-refractivity contribution is -0.132. The van der Waals surface area contributed by atoms with Gasteiger partial charge in [-0.05, 0) is 42.5 Å². The number of carbonyl (C=O) groups excluding carboxylic acids is 1. The number of aryl methyl sites for hydroxylation is 2. The molecule has 3 rings (SSSR count). The normalized spacial score (nSPS) is 18.1. The first-order chi connectivity index (χ1) is 12.3. The van der Waals surface area contributed by atoms with Crippen LogP contribution in [0.3, 0.4) is 0 Å². The van der Waals surface area contributed by atoms with Gasteiger partial charge in [-0.15, -0.1) is 0 Å². The molecule has 0 bridgehead atoms. The van der Waals surface area contributed by atoms with E-state index in [-0.39, 0.29) is 5.91 Å². The van der Waals surface area contributed by atoms with E-state index in [0.717, 1.165) is 31.5 Å². The molecule has 7 heteroatoms. The number of hydrogen-bond donors (Lipinski definition) is 0. The lowest BCUT2D eigenvalue weighted by Gasteiger charge is -2.32. The van der Waals surface area contributed by atoms with E-state index in [4.69, 9.17) is 0 Å². The monoisotopic (exact) mass is 375 g/mol. The van der Waals surface area contributed by atoms with Crippen LogP contribution in [0.2, 0.25) is 0 Å². The van der Waals surface area contributed by atoms with Gasteiger partial charge < -0.3 is 4.90 Å². The average molecular weight is 375 g/mol. The molecular weight excluding hydrogens is 350 g/mol. The summed E-state index contributed by atoms with van der Waals surface area (Å²) in [6.07, 6.45) is 8.27. The average Bonchev–Trinajstić information content (AvgIpc) is 3.06. The molecule has 140 valence electrons. The van der Waals surface area contributed by atoms with Gasteiger partial charge in [0.2, 0.25) is 5.91 Å². The molecular formula is C19H25N3O3S. The van der Waals surface area contributed by atoms with Crippen LogP contribution in [0.1, 0.15) is 36.3 Å². The number of benzene rings is 1. The number of nitrogens with zero attached hydrogens (tertiary/aromatic N) is 3. The third-order valence-corrected chi connectivity index (χ3v) is 6.08. The summed E-state index contributed by atoms with van der Waals surface area (Å²) in [5.74, 6) is 0.515. The van der Waals surface area contributed by atoms with Gasteiger partial charge in [0.05, 0.1) is 11.1 Å². The lowest BCUT2D eigenvalue weighted by Crippen LogP contribution is -2.39. The number of piperidine rings is 1. The van der Waals surface area contributed by atoms with Crippen LogP contribution in [0.15, 0.2) is 41.6 Å². The SMILES string of the molecule is Cn1cc(C2CCCN(C(=O)CCc3ccc(S(C)(=O)=O)cc3)C2)cn1. The number of hydrogen-bond acceptors (Lipinski definition) is 4. The van der Waals surface area contributed by atoms with Gasteiger partial charge in [-0.2, -0.15) is 5.10 Å². The van der Waals surface area contributed by atoms with E-state index in [0.29, 0.717) is 23.7 Å². The highest BCUT2D eigenvalue weighted by Gasteiger charge is 2.25. The molecule has 0 radical (unpaired) electrons. The molecule has 0 N–H and O–H groups in total. The number of rotatable bonds is 5. The Bertz CT molecular complexity index is 872. The molecule has 1 saturated heterocycles. The van der Waals surface area contributed by atoms with Gasteiger partial charge in [-0.3, -0.25) is 9.48 Å². The van der Waals surface area contributed by atoms with Gasteiger partial charge in [-0.1, -0.05) is 12.1 Å². The van der Waals surface area contributed by atoms with Crippen LogP contribution >= 0.6 is 0 Å². The highest BCUT2D eigenvalue weighted by molar-refractivity contribution is 7.90. The van der Waals surface area contributed by atoms with Crippen molar-refractivity contribution in [1.82, 2.24) is 14.7 Å². The Labute approximate surface area is 154 Å².